The van der Waals surface area contributed by atoms with Crippen LogP contribution in [0.2, 0.25) is 0 Å². The van der Waals surface area contributed by atoms with E-state index in [0.29, 0.717) is 0 Å². The lowest BCUT2D eigenvalue weighted by molar-refractivity contribution is 0.0383. The van der Waals surface area contributed by atoms with E-state index in [0.717, 1.165) is 29.5 Å². The third-order valence-corrected chi connectivity index (χ3v) is 4.45. The maximum absolute atomic E-state index is 9.45. The highest BCUT2D eigenvalue weighted by Crippen LogP contribution is 2.43. The molecule has 0 N–H and O–H groups in total. The van der Waals surface area contributed by atoms with Gasteiger partial charge in [0.2, 0.25) is 0 Å². The van der Waals surface area contributed by atoms with E-state index in [2.05, 4.69) is 38.1 Å². The maximum atomic E-state index is 9.45. The first-order chi connectivity index (χ1) is 9.26. The van der Waals surface area contributed by atoms with E-state index in [-0.39, 0.29) is 18.0 Å². The summed E-state index contributed by atoms with van der Waals surface area (Å²) in [4.78, 5) is 0. The highest BCUT2D eigenvalue weighted by Gasteiger charge is 2.50. The zero-order chi connectivity index (χ0) is 13.4. The molecule has 0 saturated carbocycles. The Morgan fingerprint density at radius 1 is 1.05 bits per heavy atom. The first-order valence-electron chi connectivity index (χ1n) is 6.34. The summed E-state index contributed by atoms with van der Waals surface area (Å²) in [7, 11) is 0. The van der Waals surface area contributed by atoms with E-state index in [1.54, 1.807) is 0 Å². The molecular weight excluding hydrogens is 304 g/mol. The number of hydrogen-bond donors (Lipinski definition) is 0. The van der Waals surface area contributed by atoms with Crippen LogP contribution in [0.15, 0.2) is 28.7 Å². The van der Waals surface area contributed by atoms with Gasteiger partial charge in [-0.1, -0.05) is 28.1 Å². The summed E-state index contributed by atoms with van der Waals surface area (Å²) in [6.07, 6.45) is 1.06. The van der Waals surface area contributed by atoms with Crippen LogP contribution in [0.1, 0.15) is 18.0 Å². The molecule has 1 aromatic carbocycles. The van der Waals surface area contributed by atoms with Crippen LogP contribution >= 0.6 is 15.9 Å². The Kier molecular flexibility index (Phi) is 3.28. The molecule has 0 radical (unpaired) electrons. The molecule has 2 aliphatic rings. The molecule has 19 heavy (non-hydrogen) atoms. The smallest absolute Gasteiger partial charge is 0.129 e. The Morgan fingerprint density at radius 2 is 1.74 bits per heavy atom. The van der Waals surface area contributed by atoms with Gasteiger partial charge in [-0.05, 0) is 24.1 Å². The fraction of sp³-hybridized carbons (Fsp3) is 0.429. The Bertz CT molecular complexity index is 556. The van der Waals surface area contributed by atoms with Crippen molar-refractivity contribution in [1.29, 1.82) is 10.5 Å². The second-order valence-electron chi connectivity index (χ2n) is 4.90. The fourth-order valence-electron chi connectivity index (χ4n) is 3.12. The second-order valence-corrected chi connectivity index (χ2v) is 5.82. The van der Waals surface area contributed by atoms with Crippen LogP contribution in [0.3, 0.4) is 0 Å². The van der Waals surface area contributed by atoms with Crippen LogP contribution in [-0.2, 0) is 0 Å². The van der Waals surface area contributed by atoms with Gasteiger partial charge < -0.3 is 0 Å². The van der Waals surface area contributed by atoms with Crippen LogP contribution < -0.4 is 0 Å². The topological polar surface area (TPSA) is 54.1 Å². The van der Waals surface area contributed by atoms with Crippen molar-refractivity contribution in [2.75, 3.05) is 13.1 Å². The average Bonchev–Trinajstić information content (AvgIpc) is 2.98. The van der Waals surface area contributed by atoms with Gasteiger partial charge in [-0.25, -0.2) is 10.0 Å². The number of hydrogen-bond acceptors (Lipinski definition) is 4. The highest BCUT2D eigenvalue weighted by molar-refractivity contribution is 9.10. The summed E-state index contributed by atoms with van der Waals surface area (Å²) in [5, 5.41) is 23.1. The summed E-state index contributed by atoms with van der Waals surface area (Å²) >= 11 is 3.43. The van der Waals surface area contributed by atoms with E-state index >= 15 is 0 Å². The Hall–Kier alpha value is -1.40. The lowest BCUT2D eigenvalue weighted by Crippen LogP contribution is -2.35. The fourth-order valence-corrected chi connectivity index (χ4v) is 3.38. The number of nitriles is 2. The maximum Gasteiger partial charge on any atom is 0.129 e. The molecule has 0 bridgehead atoms. The van der Waals surface area contributed by atoms with Crippen molar-refractivity contribution in [1.82, 2.24) is 10.0 Å². The largest absolute Gasteiger partial charge is 0.232 e. The Morgan fingerprint density at radius 3 is 2.37 bits per heavy atom. The molecule has 4 nitrogen and oxygen atoms in total. The molecule has 96 valence electrons. The molecule has 5 heteroatoms. The Labute approximate surface area is 120 Å². The molecule has 2 aliphatic heterocycles. The number of nitrogens with zero attached hydrogens (tertiary/aromatic N) is 4. The first kappa shape index (κ1) is 12.6. The van der Waals surface area contributed by atoms with Gasteiger partial charge in [0.05, 0.1) is 24.1 Å². The molecule has 0 aromatic heterocycles. The first-order valence-corrected chi connectivity index (χ1v) is 7.13. The van der Waals surface area contributed by atoms with Crippen molar-refractivity contribution in [2.24, 2.45) is 5.92 Å². The Balaban J connectivity index is 2.01. The minimum Gasteiger partial charge on any atom is -0.232 e. The quantitative estimate of drug-likeness (QED) is 0.798. The van der Waals surface area contributed by atoms with E-state index in [4.69, 9.17) is 0 Å². The molecule has 0 amide bonds. The molecular formula is C14H13BrN4. The number of hydrazine groups is 1. The normalized spacial score (nSPS) is 30.8. The van der Waals surface area contributed by atoms with Gasteiger partial charge in [-0.3, -0.25) is 0 Å². The highest BCUT2D eigenvalue weighted by atomic mass is 79.9. The number of halogens is 1. The molecule has 0 aliphatic carbocycles. The van der Waals surface area contributed by atoms with Crippen LogP contribution in [0.4, 0.5) is 0 Å². The molecule has 1 aromatic rings. The third kappa shape index (κ3) is 1.95. The molecule has 3 atom stereocenters. The van der Waals surface area contributed by atoms with E-state index in [9.17, 15) is 10.5 Å². The van der Waals surface area contributed by atoms with Crippen LogP contribution in [0, 0.1) is 28.6 Å². The standard InChI is InChI=1S/C14H13BrN4/c15-11-4-2-10(3-5-11)14-12(8-16)13(9-17)18-6-1-7-19(14)18/h2-5,12-14H,1,6-7H2/t12-,13+,14-/m1/s1. The summed E-state index contributed by atoms with van der Waals surface area (Å²) in [5.41, 5.74) is 1.11. The number of benzene rings is 1. The van der Waals surface area contributed by atoms with E-state index in [1.165, 1.54) is 0 Å². The van der Waals surface area contributed by atoms with Crippen molar-refractivity contribution >= 4 is 15.9 Å². The molecule has 0 unspecified atom stereocenters. The van der Waals surface area contributed by atoms with Crippen molar-refractivity contribution in [2.45, 2.75) is 18.5 Å². The minimum absolute atomic E-state index is 0.00486. The molecule has 3 rings (SSSR count). The molecule has 0 spiro atoms. The second kappa shape index (κ2) is 4.94. The van der Waals surface area contributed by atoms with Crippen LogP contribution in [0.5, 0.6) is 0 Å². The van der Waals surface area contributed by atoms with Crippen molar-refractivity contribution in [3.63, 3.8) is 0 Å². The average molecular weight is 317 g/mol. The minimum atomic E-state index is -0.318. The van der Waals surface area contributed by atoms with Gasteiger partial charge in [0, 0.05) is 17.6 Å². The lowest BCUT2D eigenvalue weighted by Gasteiger charge is -2.25. The van der Waals surface area contributed by atoms with Gasteiger partial charge in [-0.15, -0.1) is 0 Å². The number of fused-ring (bicyclic) bond motifs is 1. The van der Waals surface area contributed by atoms with Gasteiger partial charge in [0.15, 0.2) is 0 Å². The predicted molar refractivity (Wildman–Crippen MR) is 73.4 cm³/mol. The van der Waals surface area contributed by atoms with Crippen molar-refractivity contribution in [3.8, 4) is 12.1 Å². The SMILES string of the molecule is N#C[C@H]1[C@@H](c2ccc(Br)cc2)N2CCCN2[C@H]1C#N. The van der Waals surface area contributed by atoms with Crippen molar-refractivity contribution in [3.05, 3.63) is 34.3 Å². The summed E-state index contributed by atoms with van der Waals surface area (Å²) in [6, 6.07) is 12.4. The molecule has 2 heterocycles. The van der Waals surface area contributed by atoms with Gasteiger partial charge in [0.1, 0.15) is 6.04 Å². The third-order valence-electron chi connectivity index (χ3n) is 3.92. The van der Waals surface area contributed by atoms with Gasteiger partial charge in [0.25, 0.3) is 0 Å². The van der Waals surface area contributed by atoms with E-state index in [1.807, 2.05) is 24.3 Å². The predicted octanol–water partition coefficient (Wildman–Crippen LogP) is 2.46. The zero-order valence-corrected chi connectivity index (χ0v) is 11.9. The summed E-state index contributed by atoms with van der Waals surface area (Å²) in [6.45, 7) is 1.81. The van der Waals surface area contributed by atoms with Crippen molar-refractivity contribution < 1.29 is 0 Å². The lowest BCUT2D eigenvalue weighted by atomic mass is 9.90. The molecule has 2 fully saturated rings. The van der Waals surface area contributed by atoms with Gasteiger partial charge >= 0.3 is 0 Å². The monoisotopic (exact) mass is 316 g/mol. The zero-order valence-electron chi connectivity index (χ0n) is 10.3. The van der Waals surface area contributed by atoms with Crippen LogP contribution in [-0.4, -0.2) is 29.1 Å². The summed E-state index contributed by atoms with van der Waals surface area (Å²) < 4.78 is 1.03. The van der Waals surface area contributed by atoms with E-state index < -0.39 is 0 Å². The van der Waals surface area contributed by atoms with Crippen LogP contribution in [0.25, 0.3) is 0 Å². The van der Waals surface area contributed by atoms with Gasteiger partial charge in [-0.2, -0.15) is 10.5 Å². The molecule has 2 saturated heterocycles. The summed E-state index contributed by atoms with van der Waals surface area (Å²) in [5.74, 6) is -0.286. The number of rotatable bonds is 1.